The molecule has 2 heterocycles. The number of hydrogen-bond acceptors (Lipinski definition) is 5. The first-order valence-corrected chi connectivity index (χ1v) is 9.40. The van der Waals surface area contributed by atoms with Gasteiger partial charge >= 0.3 is 0 Å². The highest BCUT2D eigenvalue weighted by molar-refractivity contribution is 14.0. The fraction of sp³-hybridized carbons (Fsp3) is 0.824. The molecule has 1 aromatic rings. The van der Waals surface area contributed by atoms with Crippen LogP contribution in [0.2, 0.25) is 0 Å². The number of piperidine rings is 1. The van der Waals surface area contributed by atoms with Gasteiger partial charge in [0.1, 0.15) is 12.2 Å². The maximum Gasteiger partial charge on any atom is 0.193 e. The van der Waals surface area contributed by atoms with Gasteiger partial charge in [-0.15, -0.1) is 34.2 Å². The standard InChI is InChI=1S/C17H32N6O2.HI/c1-3-16-21-20-14-23(16)12-9-19-17(18-8-5-13-25-4-2)22-10-6-15(24)7-11-22;/h14-15,24H,3-13H2,1-2H3,(H,18,19);1H. The first-order chi connectivity index (χ1) is 12.2. The van der Waals surface area contributed by atoms with E-state index >= 15 is 0 Å². The molecule has 1 aromatic heterocycles. The van der Waals surface area contributed by atoms with Gasteiger partial charge in [0, 0.05) is 52.4 Å². The third-order valence-corrected chi connectivity index (χ3v) is 4.32. The number of aliphatic imine (C=N–C) groups is 1. The van der Waals surface area contributed by atoms with Crippen molar-refractivity contribution in [2.75, 3.05) is 39.4 Å². The fourth-order valence-corrected chi connectivity index (χ4v) is 2.87. The molecule has 2 rings (SSSR count). The summed E-state index contributed by atoms with van der Waals surface area (Å²) in [5.41, 5.74) is 0. The number of hydrogen-bond donors (Lipinski definition) is 2. The monoisotopic (exact) mass is 480 g/mol. The van der Waals surface area contributed by atoms with Gasteiger partial charge in [0.2, 0.25) is 0 Å². The first-order valence-electron chi connectivity index (χ1n) is 9.40. The molecular weight excluding hydrogens is 447 g/mol. The second-order valence-electron chi connectivity index (χ2n) is 6.19. The lowest BCUT2D eigenvalue weighted by atomic mass is 10.1. The van der Waals surface area contributed by atoms with Crippen molar-refractivity contribution in [3.63, 3.8) is 0 Å². The summed E-state index contributed by atoms with van der Waals surface area (Å²) < 4.78 is 7.45. The Morgan fingerprint density at radius 1 is 1.38 bits per heavy atom. The van der Waals surface area contributed by atoms with Crippen LogP contribution < -0.4 is 5.32 Å². The lowest BCUT2D eigenvalue weighted by Gasteiger charge is -2.32. The average Bonchev–Trinajstić information content (AvgIpc) is 3.08. The smallest absolute Gasteiger partial charge is 0.193 e. The summed E-state index contributed by atoms with van der Waals surface area (Å²) in [5.74, 6) is 1.92. The van der Waals surface area contributed by atoms with Gasteiger partial charge in [-0.25, -0.2) is 0 Å². The maximum atomic E-state index is 9.72. The van der Waals surface area contributed by atoms with Crippen molar-refractivity contribution in [1.82, 2.24) is 25.0 Å². The second kappa shape index (κ2) is 13.3. The van der Waals surface area contributed by atoms with Crippen molar-refractivity contribution >= 4 is 29.9 Å². The molecule has 0 aliphatic carbocycles. The van der Waals surface area contributed by atoms with E-state index in [9.17, 15) is 5.11 Å². The van der Waals surface area contributed by atoms with E-state index in [0.717, 1.165) is 83.4 Å². The van der Waals surface area contributed by atoms with Gasteiger partial charge in [0.25, 0.3) is 0 Å². The van der Waals surface area contributed by atoms with Crippen LogP contribution >= 0.6 is 24.0 Å². The van der Waals surface area contributed by atoms with Crippen LogP contribution in [0.3, 0.4) is 0 Å². The normalized spacial score (nSPS) is 15.8. The first kappa shape index (κ1) is 23.1. The fourth-order valence-electron chi connectivity index (χ4n) is 2.87. The minimum Gasteiger partial charge on any atom is -0.393 e. The van der Waals surface area contributed by atoms with Crippen LogP contribution in [0.4, 0.5) is 0 Å². The molecule has 8 nitrogen and oxygen atoms in total. The van der Waals surface area contributed by atoms with Crippen molar-refractivity contribution in [2.24, 2.45) is 4.99 Å². The number of rotatable bonds is 9. The van der Waals surface area contributed by atoms with Crippen molar-refractivity contribution in [3.8, 4) is 0 Å². The second-order valence-corrected chi connectivity index (χ2v) is 6.19. The van der Waals surface area contributed by atoms with Crippen molar-refractivity contribution in [3.05, 3.63) is 12.2 Å². The molecule has 0 unspecified atom stereocenters. The van der Waals surface area contributed by atoms with Gasteiger partial charge in [0.05, 0.1) is 6.10 Å². The zero-order valence-electron chi connectivity index (χ0n) is 15.9. The van der Waals surface area contributed by atoms with Gasteiger partial charge in [-0.05, 0) is 26.2 Å². The van der Waals surface area contributed by atoms with Crippen molar-refractivity contribution in [2.45, 2.75) is 52.2 Å². The molecule has 0 saturated carbocycles. The Morgan fingerprint density at radius 3 is 2.85 bits per heavy atom. The molecule has 150 valence electrons. The summed E-state index contributed by atoms with van der Waals surface area (Å²) in [6, 6.07) is 0. The summed E-state index contributed by atoms with van der Waals surface area (Å²) in [6.45, 7) is 9.58. The van der Waals surface area contributed by atoms with Crippen LogP contribution in [0, 0.1) is 0 Å². The van der Waals surface area contributed by atoms with E-state index in [1.807, 2.05) is 6.92 Å². The molecule has 1 fully saturated rings. The van der Waals surface area contributed by atoms with E-state index in [4.69, 9.17) is 9.73 Å². The third kappa shape index (κ3) is 7.75. The predicted molar refractivity (Wildman–Crippen MR) is 113 cm³/mol. The number of aromatic nitrogens is 3. The SMILES string of the molecule is CCOCCCN=C(NCCn1cnnc1CC)N1CCC(O)CC1.I. The Balaban J connectivity index is 0.00000338. The van der Waals surface area contributed by atoms with Gasteiger partial charge in [-0.3, -0.25) is 4.99 Å². The predicted octanol–water partition coefficient (Wildman–Crippen LogP) is 1.29. The number of likely N-dealkylation sites (tertiary alicyclic amines) is 1. The van der Waals surface area contributed by atoms with Gasteiger partial charge in [-0.2, -0.15) is 0 Å². The van der Waals surface area contributed by atoms with E-state index in [2.05, 4.69) is 31.9 Å². The Hall–Kier alpha value is -0.940. The van der Waals surface area contributed by atoms with Crippen LogP contribution in [-0.4, -0.2) is 76.2 Å². The highest BCUT2D eigenvalue weighted by Gasteiger charge is 2.19. The molecule has 0 amide bonds. The number of nitrogens with one attached hydrogen (secondary N) is 1. The minimum atomic E-state index is -0.181. The molecule has 9 heteroatoms. The Morgan fingerprint density at radius 2 is 2.15 bits per heavy atom. The Labute approximate surface area is 173 Å². The topological polar surface area (TPSA) is 87.8 Å². The van der Waals surface area contributed by atoms with E-state index in [1.165, 1.54) is 0 Å². The van der Waals surface area contributed by atoms with E-state index < -0.39 is 0 Å². The summed E-state index contributed by atoms with van der Waals surface area (Å²) in [6.07, 6.45) is 4.98. The number of aliphatic hydroxyl groups excluding tert-OH is 1. The molecule has 2 N–H and O–H groups in total. The van der Waals surface area contributed by atoms with Crippen LogP contribution in [-0.2, 0) is 17.7 Å². The molecule has 0 atom stereocenters. The summed E-state index contributed by atoms with van der Waals surface area (Å²) in [4.78, 5) is 6.97. The van der Waals surface area contributed by atoms with Crippen LogP contribution in [0.1, 0.15) is 38.9 Å². The van der Waals surface area contributed by atoms with Crippen LogP contribution in [0.5, 0.6) is 0 Å². The molecule has 0 spiro atoms. The minimum absolute atomic E-state index is 0. The summed E-state index contributed by atoms with van der Waals surface area (Å²) in [7, 11) is 0. The quantitative estimate of drug-likeness (QED) is 0.240. The van der Waals surface area contributed by atoms with Crippen LogP contribution in [0.15, 0.2) is 11.3 Å². The molecule has 26 heavy (non-hydrogen) atoms. The molecular formula is C17H33IN6O2. The van der Waals surface area contributed by atoms with Gasteiger partial charge < -0.3 is 24.6 Å². The summed E-state index contributed by atoms with van der Waals surface area (Å²) >= 11 is 0. The number of nitrogens with zero attached hydrogens (tertiary/aromatic N) is 5. The molecule has 1 saturated heterocycles. The third-order valence-electron chi connectivity index (χ3n) is 4.32. The molecule has 1 aliphatic rings. The highest BCUT2D eigenvalue weighted by Crippen LogP contribution is 2.10. The molecule has 0 aromatic carbocycles. The van der Waals surface area contributed by atoms with Crippen molar-refractivity contribution in [1.29, 1.82) is 0 Å². The van der Waals surface area contributed by atoms with Crippen LogP contribution in [0.25, 0.3) is 0 Å². The number of aryl methyl sites for hydroxylation is 1. The average molecular weight is 480 g/mol. The largest absolute Gasteiger partial charge is 0.393 e. The zero-order chi connectivity index (χ0) is 17.9. The lowest BCUT2D eigenvalue weighted by molar-refractivity contribution is 0.108. The van der Waals surface area contributed by atoms with Gasteiger partial charge in [0.15, 0.2) is 5.96 Å². The van der Waals surface area contributed by atoms with E-state index in [1.54, 1.807) is 6.33 Å². The van der Waals surface area contributed by atoms with E-state index in [-0.39, 0.29) is 30.1 Å². The Kier molecular flexibility index (Phi) is 11.8. The molecule has 0 bridgehead atoms. The van der Waals surface area contributed by atoms with Crippen molar-refractivity contribution < 1.29 is 9.84 Å². The van der Waals surface area contributed by atoms with Gasteiger partial charge in [-0.1, -0.05) is 6.92 Å². The maximum absolute atomic E-state index is 9.72. The highest BCUT2D eigenvalue weighted by atomic mass is 127. The number of halogens is 1. The molecule has 1 aliphatic heterocycles. The molecule has 0 radical (unpaired) electrons. The Bertz CT molecular complexity index is 517. The zero-order valence-corrected chi connectivity index (χ0v) is 18.3. The number of ether oxygens (including phenoxy) is 1. The lowest BCUT2D eigenvalue weighted by Crippen LogP contribution is -2.47. The van der Waals surface area contributed by atoms with E-state index in [0.29, 0.717) is 0 Å². The summed E-state index contributed by atoms with van der Waals surface area (Å²) in [5, 5.41) is 21.3. The number of guanidine groups is 1. The number of aliphatic hydroxyl groups is 1.